The van der Waals surface area contributed by atoms with E-state index in [0.717, 1.165) is 23.8 Å². The van der Waals surface area contributed by atoms with Crippen molar-refractivity contribution < 1.29 is 33.1 Å². The molecular formula is C23H19FN2O7. The summed E-state index contributed by atoms with van der Waals surface area (Å²) in [5.74, 6) is -1.84. The SMILES string of the molecule is COc1cc(C(=O)OCC(=O)Nc2ccc(F)c([N+](=O)[O-])c2)ccc1OCc1ccccc1. The molecule has 0 saturated carbocycles. The number of nitrogens with one attached hydrogen (secondary N) is 1. The fourth-order valence-corrected chi connectivity index (χ4v) is 2.79. The van der Waals surface area contributed by atoms with Gasteiger partial charge in [0, 0.05) is 11.8 Å². The molecule has 3 rings (SSSR count). The lowest BCUT2D eigenvalue weighted by Gasteiger charge is -2.12. The lowest BCUT2D eigenvalue weighted by Crippen LogP contribution is -2.21. The highest BCUT2D eigenvalue weighted by Gasteiger charge is 2.17. The van der Waals surface area contributed by atoms with E-state index in [-0.39, 0.29) is 11.3 Å². The first-order valence-corrected chi connectivity index (χ1v) is 9.63. The summed E-state index contributed by atoms with van der Waals surface area (Å²) in [5, 5.41) is 13.1. The Morgan fingerprint density at radius 3 is 2.48 bits per heavy atom. The van der Waals surface area contributed by atoms with Crippen molar-refractivity contribution in [2.45, 2.75) is 6.61 Å². The number of nitro benzene ring substituents is 1. The molecule has 0 unspecified atom stereocenters. The number of carbonyl (C=O) groups is 2. The second-order valence-electron chi connectivity index (χ2n) is 6.69. The summed E-state index contributed by atoms with van der Waals surface area (Å²) in [5.41, 5.74) is 0.293. The number of benzene rings is 3. The molecule has 0 heterocycles. The predicted molar refractivity (Wildman–Crippen MR) is 116 cm³/mol. The molecule has 0 atom stereocenters. The zero-order chi connectivity index (χ0) is 23.8. The third kappa shape index (κ3) is 6.26. The first kappa shape index (κ1) is 23.2. The molecule has 170 valence electrons. The second kappa shape index (κ2) is 10.7. The van der Waals surface area contributed by atoms with Gasteiger partial charge < -0.3 is 19.5 Å². The molecule has 0 fully saturated rings. The Hall–Kier alpha value is -4.47. The number of nitrogens with zero attached hydrogens (tertiary/aromatic N) is 1. The van der Waals surface area contributed by atoms with E-state index >= 15 is 0 Å². The van der Waals surface area contributed by atoms with E-state index in [4.69, 9.17) is 14.2 Å². The van der Waals surface area contributed by atoms with Crippen LogP contribution in [-0.4, -0.2) is 30.5 Å². The molecular weight excluding hydrogens is 435 g/mol. The molecule has 33 heavy (non-hydrogen) atoms. The van der Waals surface area contributed by atoms with Crippen LogP contribution in [-0.2, 0) is 16.1 Å². The van der Waals surface area contributed by atoms with Gasteiger partial charge in [0.05, 0.1) is 17.6 Å². The highest BCUT2D eigenvalue weighted by molar-refractivity contribution is 5.96. The molecule has 1 N–H and O–H groups in total. The lowest BCUT2D eigenvalue weighted by molar-refractivity contribution is -0.387. The summed E-state index contributed by atoms with van der Waals surface area (Å²) in [4.78, 5) is 34.2. The van der Waals surface area contributed by atoms with Crippen molar-refractivity contribution in [1.82, 2.24) is 0 Å². The van der Waals surface area contributed by atoms with Crippen LogP contribution in [0.1, 0.15) is 15.9 Å². The van der Waals surface area contributed by atoms with E-state index in [1.165, 1.54) is 19.2 Å². The average Bonchev–Trinajstić information content (AvgIpc) is 2.82. The summed E-state index contributed by atoms with van der Waals surface area (Å²) < 4.78 is 29.4. The van der Waals surface area contributed by atoms with Gasteiger partial charge in [0.1, 0.15) is 6.61 Å². The number of ether oxygens (including phenoxy) is 3. The number of carbonyl (C=O) groups excluding carboxylic acids is 2. The van der Waals surface area contributed by atoms with Gasteiger partial charge in [0.15, 0.2) is 18.1 Å². The van der Waals surface area contributed by atoms with E-state index in [9.17, 15) is 24.1 Å². The van der Waals surface area contributed by atoms with Crippen LogP contribution in [0.3, 0.4) is 0 Å². The Labute approximate surface area is 187 Å². The van der Waals surface area contributed by atoms with Gasteiger partial charge in [-0.2, -0.15) is 4.39 Å². The summed E-state index contributed by atoms with van der Waals surface area (Å²) in [7, 11) is 1.43. The van der Waals surface area contributed by atoms with E-state index in [1.54, 1.807) is 6.07 Å². The Bertz CT molecular complexity index is 1170. The Morgan fingerprint density at radius 1 is 1.03 bits per heavy atom. The number of hydrogen-bond acceptors (Lipinski definition) is 7. The van der Waals surface area contributed by atoms with Crippen LogP contribution in [0, 0.1) is 15.9 Å². The Balaban J connectivity index is 1.58. The molecule has 0 aliphatic rings. The molecule has 0 spiro atoms. The maximum Gasteiger partial charge on any atom is 0.338 e. The number of rotatable bonds is 9. The summed E-state index contributed by atoms with van der Waals surface area (Å²) in [6.45, 7) is -0.346. The van der Waals surface area contributed by atoms with E-state index < -0.39 is 34.9 Å². The van der Waals surface area contributed by atoms with Gasteiger partial charge in [-0.25, -0.2) is 4.79 Å². The van der Waals surface area contributed by atoms with E-state index in [1.807, 2.05) is 30.3 Å². The number of anilines is 1. The molecule has 0 radical (unpaired) electrons. The van der Waals surface area contributed by atoms with Crippen molar-refractivity contribution in [3.05, 3.63) is 93.8 Å². The largest absolute Gasteiger partial charge is 0.493 e. The van der Waals surface area contributed by atoms with Gasteiger partial charge in [-0.3, -0.25) is 14.9 Å². The van der Waals surface area contributed by atoms with Crippen molar-refractivity contribution in [3.8, 4) is 11.5 Å². The molecule has 0 aliphatic heterocycles. The molecule has 9 nitrogen and oxygen atoms in total. The summed E-state index contributed by atoms with van der Waals surface area (Å²) >= 11 is 0. The molecule has 0 bridgehead atoms. The van der Waals surface area contributed by atoms with Crippen LogP contribution in [0.2, 0.25) is 0 Å². The smallest absolute Gasteiger partial charge is 0.338 e. The van der Waals surface area contributed by atoms with Gasteiger partial charge in [-0.15, -0.1) is 0 Å². The van der Waals surface area contributed by atoms with Crippen molar-refractivity contribution >= 4 is 23.3 Å². The molecule has 0 aromatic heterocycles. The Kier molecular flexibility index (Phi) is 7.53. The topological polar surface area (TPSA) is 117 Å². The summed E-state index contributed by atoms with van der Waals surface area (Å²) in [6, 6.07) is 16.8. The minimum absolute atomic E-state index is 0.00858. The maximum absolute atomic E-state index is 13.4. The quantitative estimate of drug-likeness (QED) is 0.294. The monoisotopic (exact) mass is 454 g/mol. The van der Waals surface area contributed by atoms with Gasteiger partial charge in [0.2, 0.25) is 5.82 Å². The summed E-state index contributed by atoms with van der Waals surface area (Å²) in [6.07, 6.45) is 0. The van der Waals surface area contributed by atoms with Crippen LogP contribution in [0.15, 0.2) is 66.7 Å². The van der Waals surface area contributed by atoms with Gasteiger partial charge >= 0.3 is 11.7 Å². The van der Waals surface area contributed by atoms with Crippen LogP contribution < -0.4 is 14.8 Å². The van der Waals surface area contributed by atoms with Crippen LogP contribution in [0.4, 0.5) is 15.8 Å². The van der Waals surface area contributed by atoms with Crippen molar-refractivity contribution in [3.63, 3.8) is 0 Å². The van der Waals surface area contributed by atoms with Crippen LogP contribution >= 0.6 is 0 Å². The zero-order valence-corrected chi connectivity index (χ0v) is 17.4. The van der Waals surface area contributed by atoms with Crippen molar-refractivity contribution in [2.75, 3.05) is 19.0 Å². The third-order valence-electron chi connectivity index (χ3n) is 4.40. The normalized spacial score (nSPS) is 10.2. The first-order valence-electron chi connectivity index (χ1n) is 9.63. The van der Waals surface area contributed by atoms with Gasteiger partial charge in [-0.05, 0) is 35.9 Å². The predicted octanol–water partition coefficient (Wildman–Crippen LogP) is 4.12. The second-order valence-corrected chi connectivity index (χ2v) is 6.69. The van der Waals surface area contributed by atoms with Crippen LogP contribution in [0.5, 0.6) is 11.5 Å². The minimum Gasteiger partial charge on any atom is -0.493 e. The third-order valence-corrected chi connectivity index (χ3v) is 4.40. The molecule has 10 heteroatoms. The number of nitro groups is 1. The fraction of sp³-hybridized carbons (Fsp3) is 0.130. The highest BCUT2D eigenvalue weighted by Crippen LogP contribution is 2.29. The molecule has 0 saturated heterocycles. The molecule has 0 aliphatic carbocycles. The first-order chi connectivity index (χ1) is 15.9. The number of halogens is 1. The number of hydrogen-bond donors (Lipinski definition) is 1. The zero-order valence-electron chi connectivity index (χ0n) is 17.4. The van der Waals surface area contributed by atoms with Gasteiger partial charge in [0.25, 0.3) is 5.91 Å². The minimum atomic E-state index is -1.03. The van der Waals surface area contributed by atoms with E-state index in [2.05, 4.69) is 5.32 Å². The number of amides is 1. The van der Waals surface area contributed by atoms with Crippen LogP contribution in [0.25, 0.3) is 0 Å². The Morgan fingerprint density at radius 2 is 1.79 bits per heavy atom. The lowest BCUT2D eigenvalue weighted by atomic mass is 10.2. The fourth-order valence-electron chi connectivity index (χ4n) is 2.79. The molecule has 3 aromatic rings. The number of methoxy groups -OCH3 is 1. The standard InChI is InChI=1S/C23H19FN2O7/c1-31-21-11-16(7-10-20(21)32-13-15-5-3-2-4-6-15)23(28)33-14-22(27)25-17-8-9-18(24)19(12-17)26(29)30/h2-12H,13-14H2,1H3,(H,25,27). The number of esters is 1. The van der Waals surface area contributed by atoms with E-state index in [0.29, 0.717) is 18.1 Å². The average molecular weight is 454 g/mol. The maximum atomic E-state index is 13.4. The van der Waals surface area contributed by atoms with Gasteiger partial charge in [-0.1, -0.05) is 30.3 Å². The highest BCUT2D eigenvalue weighted by atomic mass is 19.1. The van der Waals surface area contributed by atoms with Crippen molar-refractivity contribution in [1.29, 1.82) is 0 Å². The molecule has 3 aromatic carbocycles. The van der Waals surface area contributed by atoms with Crippen molar-refractivity contribution in [2.24, 2.45) is 0 Å². The molecule has 1 amide bonds.